The minimum absolute atomic E-state index is 0.0173. The van der Waals surface area contributed by atoms with E-state index in [1.807, 2.05) is 67.6 Å². The van der Waals surface area contributed by atoms with Crippen LogP contribution < -0.4 is 15.5 Å². The first-order chi connectivity index (χ1) is 24.1. The number of Topliss-reactive ketones (excluding diaryl/α,β-unsaturated/α-hetero) is 1. The first-order valence-electron chi connectivity index (χ1n) is 16.8. The molecule has 10 heteroatoms. The molecule has 3 unspecified atom stereocenters. The second-order valence-corrected chi connectivity index (χ2v) is 12.8. The van der Waals surface area contributed by atoms with Crippen LogP contribution in [-0.4, -0.2) is 54.0 Å². The molecule has 0 radical (unpaired) electrons. The minimum Gasteiger partial charge on any atom is -0.446 e. The van der Waals surface area contributed by atoms with Crippen molar-refractivity contribution < 1.29 is 28.3 Å². The lowest BCUT2D eigenvalue weighted by Crippen LogP contribution is -2.58. The van der Waals surface area contributed by atoms with Crippen LogP contribution in [0.25, 0.3) is 0 Å². The van der Waals surface area contributed by atoms with Crippen molar-refractivity contribution >= 4 is 35.2 Å². The number of carbonyl (C=O) groups excluding carboxylic acids is 4. The molecular formula is C40H43FN4O5. The monoisotopic (exact) mass is 678 g/mol. The summed E-state index contributed by atoms with van der Waals surface area (Å²) in [4.78, 5) is 54.7. The smallest absolute Gasteiger partial charge is 0.411 e. The fraction of sp³-hybridized carbons (Fsp3) is 0.300. The van der Waals surface area contributed by atoms with Gasteiger partial charge in [0, 0.05) is 42.9 Å². The molecule has 50 heavy (non-hydrogen) atoms. The number of para-hydroxylation sites is 1. The van der Waals surface area contributed by atoms with Gasteiger partial charge in [-0.3, -0.25) is 30.0 Å². The Morgan fingerprint density at radius 3 is 2.24 bits per heavy atom. The minimum atomic E-state index is -0.628. The molecule has 0 aliphatic carbocycles. The van der Waals surface area contributed by atoms with E-state index in [1.54, 1.807) is 41.3 Å². The number of urea groups is 1. The number of hydrogen-bond donors (Lipinski definition) is 2. The normalized spacial score (nSPS) is 17.2. The van der Waals surface area contributed by atoms with Gasteiger partial charge in [0.05, 0.1) is 6.04 Å². The molecule has 1 aliphatic heterocycles. The van der Waals surface area contributed by atoms with Crippen LogP contribution in [0.2, 0.25) is 0 Å². The van der Waals surface area contributed by atoms with Crippen molar-refractivity contribution in [3.63, 3.8) is 0 Å². The number of carbonyl (C=O) groups is 4. The van der Waals surface area contributed by atoms with E-state index in [4.69, 9.17) is 4.74 Å². The topological polar surface area (TPSA) is 108 Å². The van der Waals surface area contributed by atoms with Crippen LogP contribution >= 0.6 is 0 Å². The Bertz CT molecular complexity index is 1770. The number of piperidine rings is 1. The van der Waals surface area contributed by atoms with Crippen molar-refractivity contribution in [1.29, 1.82) is 0 Å². The number of amides is 4. The highest BCUT2D eigenvalue weighted by molar-refractivity contribution is 6.02. The first kappa shape index (κ1) is 35.9. The molecule has 2 N–H and O–H groups in total. The maximum absolute atomic E-state index is 13.8. The van der Waals surface area contributed by atoms with Crippen molar-refractivity contribution in [1.82, 2.24) is 10.2 Å². The van der Waals surface area contributed by atoms with E-state index < -0.39 is 24.1 Å². The zero-order valence-corrected chi connectivity index (χ0v) is 28.6. The molecule has 4 aromatic carbocycles. The van der Waals surface area contributed by atoms with E-state index in [2.05, 4.69) is 15.5 Å². The Balaban J connectivity index is 1.42. The Morgan fingerprint density at radius 1 is 0.900 bits per heavy atom. The largest absolute Gasteiger partial charge is 0.446 e. The number of anilines is 2. The number of halogens is 1. The quantitative estimate of drug-likeness (QED) is 0.157. The van der Waals surface area contributed by atoms with Crippen LogP contribution in [0.1, 0.15) is 61.1 Å². The summed E-state index contributed by atoms with van der Waals surface area (Å²) in [5.74, 6) is -0.896. The molecule has 1 heterocycles. The molecule has 0 saturated carbocycles. The van der Waals surface area contributed by atoms with Gasteiger partial charge < -0.3 is 4.74 Å². The standard InChI is InChI=1S/C40H43FN4O5/c1-27(50-40(49)43-35-14-10-13-32(25-35)28(2)46)23-37(31-11-6-4-7-12-31)44-22-21-33(24-30-17-19-34(41)20-18-30)38(26-44)45(39(48)42-29(3)47)36-15-8-5-9-16-36/h4-20,25,27,33,37-38H,21-24,26H2,1-3H3,(H,43,49)(H,42,47,48)/t27?,33?,37?,38-/m0/s1. The average molecular weight is 679 g/mol. The second kappa shape index (κ2) is 16.8. The number of ketones is 1. The Hall–Kier alpha value is -5.35. The SMILES string of the molecule is CC(=O)NC(=O)N(c1ccccc1)[C@H]1CN(C(CC(C)OC(=O)Nc2cccc(C(C)=O)c2)c2ccccc2)CCC1Cc1ccc(F)cc1. The van der Waals surface area contributed by atoms with Gasteiger partial charge in [-0.15, -0.1) is 0 Å². The molecule has 0 aromatic heterocycles. The van der Waals surface area contributed by atoms with Crippen LogP contribution in [0.5, 0.6) is 0 Å². The van der Waals surface area contributed by atoms with Gasteiger partial charge in [-0.2, -0.15) is 0 Å². The highest BCUT2D eigenvalue weighted by atomic mass is 19.1. The molecule has 4 atom stereocenters. The molecule has 260 valence electrons. The fourth-order valence-corrected chi connectivity index (χ4v) is 6.68. The molecule has 0 bridgehead atoms. The molecule has 1 fully saturated rings. The lowest BCUT2D eigenvalue weighted by atomic mass is 9.83. The Labute approximate surface area is 292 Å². The van der Waals surface area contributed by atoms with E-state index in [0.717, 1.165) is 11.1 Å². The van der Waals surface area contributed by atoms with Crippen LogP contribution in [0.15, 0.2) is 109 Å². The summed E-state index contributed by atoms with van der Waals surface area (Å²) in [5, 5.41) is 5.22. The van der Waals surface area contributed by atoms with Crippen molar-refractivity contribution in [2.45, 2.75) is 58.2 Å². The molecule has 5 rings (SSSR count). The summed E-state index contributed by atoms with van der Waals surface area (Å²) in [7, 11) is 0. The van der Waals surface area contributed by atoms with E-state index >= 15 is 0 Å². The number of hydrogen-bond acceptors (Lipinski definition) is 6. The summed E-state index contributed by atoms with van der Waals surface area (Å²) < 4.78 is 19.6. The number of nitrogens with zero attached hydrogens (tertiary/aromatic N) is 2. The van der Waals surface area contributed by atoms with Crippen LogP contribution in [-0.2, 0) is 16.0 Å². The lowest BCUT2D eigenvalue weighted by Gasteiger charge is -2.47. The summed E-state index contributed by atoms with van der Waals surface area (Å²) in [6.07, 6.45) is 0.654. The number of nitrogens with one attached hydrogen (secondary N) is 2. The third kappa shape index (κ3) is 9.63. The number of imide groups is 1. The molecule has 9 nitrogen and oxygen atoms in total. The Kier molecular flexibility index (Phi) is 12.1. The number of benzene rings is 4. The predicted molar refractivity (Wildman–Crippen MR) is 192 cm³/mol. The lowest BCUT2D eigenvalue weighted by molar-refractivity contribution is -0.117. The van der Waals surface area contributed by atoms with Crippen LogP contribution in [0.3, 0.4) is 0 Å². The van der Waals surface area contributed by atoms with Gasteiger partial charge in [0.25, 0.3) is 0 Å². The van der Waals surface area contributed by atoms with E-state index in [-0.39, 0.29) is 29.6 Å². The van der Waals surface area contributed by atoms with Crippen LogP contribution in [0, 0.1) is 11.7 Å². The molecular weight excluding hydrogens is 635 g/mol. The highest BCUT2D eigenvalue weighted by Crippen LogP contribution is 2.36. The second-order valence-electron chi connectivity index (χ2n) is 12.8. The molecule has 1 aliphatic rings. The summed E-state index contributed by atoms with van der Waals surface area (Å²) in [6.45, 7) is 5.77. The molecule has 4 aromatic rings. The van der Waals surface area contributed by atoms with Gasteiger partial charge in [0.1, 0.15) is 11.9 Å². The van der Waals surface area contributed by atoms with Gasteiger partial charge in [-0.25, -0.2) is 14.0 Å². The average Bonchev–Trinajstić information content (AvgIpc) is 3.09. The van der Waals surface area contributed by atoms with Crippen molar-refractivity contribution in [3.05, 3.63) is 132 Å². The van der Waals surface area contributed by atoms with Crippen molar-refractivity contribution in [3.8, 4) is 0 Å². The van der Waals surface area contributed by atoms with Gasteiger partial charge in [0.15, 0.2) is 5.78 Å². The summed E-state index contributed by atoms with van der Waals surface area (Å²) >= 11 is 0. The van der Waals surface area contributed by atoms with E-state index in [0.29, 0.717) is 49.3 Å². The number of ether oxygens (including phenoxy) is 1. The summed E-state index contributed by atoms with van der Waals surface area (Å²) in [5.41, 5.74) is 3.59. The maximum atomic E-state index is 13.8. The summed E-state index contributed by atoms with van der Waals surface area (Å²) in [6, 6.07) is 31.3. The first-order valence-corrected chi connectivity index (χ1v) is 16.8. The molecule has 4 amide bonds. The molecule has 1 saturated heterocycles. The third-order valence-electron chi connectivity index (χ3n) is 9.04. The fourth-order valence-electron chi connectivity index (χ4n) is 6.68. The number of likely N-dealkylation sites (tertiary alicyclic amines) is 1. The Morgan fingerprint density at radius 2 is 1.58 bits per heavy atom. The van der Waals surface area contributed by atoms with E-state index in [1.165, 1.54) is 26.0 Å². The zero-order valence-electron chi connectivity index (χ0n) is 28.6. The predicted octanol–water partition coefficient (Wildman–Crippen LogP) is 7.79. The van der Waals surface area contributed by atoms with Crippen LogP contribution in [0.4, 0.5) is 25.4 Å². The van der Waals surface area contributed by atoms with Gasteiger partial charge in [0.2, 0.25) is 5.91 Å². The number of rotatable bonds is 11. The van der Waals surface area contributed by atoms with Gasteiger partial charge >= 0.3 is 12.1 Å². The third-order valence-corrected chi connectivity index (χ3v) is 9.04. The zero-order chi connectivity index (χ0) is 35.6. The van der Waals surface area contributed by atoms with Crippen molar-refractivity contribution in [2.75, 3.05) is 23.3 Å². The van der Waals surface area contributed by atoms with Gasteiger partial charge in [-0.05, 0) is 86.7 Å². The highest BCUT2D eigenvalue weighted by Gasteiger charge is 2.39. The molecule has 0 spiro atoms. The van der Waals surface area contributed by atoms with Gasteiger partial charge in [-0.1, -0.05) is 72.8 Å². The maximum Gasteiger partial charge on any atom is 0.411 e. The van der Waals surface area contributed by atoms with E-state index in [9.17, 15) is 23.6 Å². The van der Waals surface area contributed by atoms with Crippen molar-refractivity contribution in [2.24, 2.45) is 5.92 Å².